The Morgan fingerprint density at radius 3 is 2.17 bits per heavy atom. The minimum absolute atomic E-state index is 0.0692. The fourth-order valence-electron chi connectivity index (χ4n) is 4.90. The summed E-state index contributed by atoms with van der Waals surface area (Å²) < 4.78 is 42.0. The molecule has 40 heavy (non-hydrogen) atoms. The van der Waals surface area contributed by atoms with Crippen LogP contribution in [0.15, 0.2) is 83.8 Å². The zero-order chi connectivity index (χ0) is 28.7. The first-order valence-corrected chi connectivity index (χ1v) is 15.1. The summed E-state index contributed by atoms with van der Waals surface area (Å²) in [4.78, 5) is 28.6. The van der Waals surface area contributed by atoms with Gasteiger partial charge in [0.25, 0.3) is 10.0 Å². The molecule has 3 aromatic rings. The van der Waals surface area contributed by atoms with Crippen molar-refractivity contribution in [3.63, 3.8) is 0 Å². The number of carbonyl (C=O) groups is 2. The average Bonchev–Trinajstić information content (AvgIpc) is 2.96. The van der Waals surface area contributed by atoms with E-state index in [1.54, 1.807) is 37.3 Å². The largest absolute Gasteiger partial charge is 0.352 e. The third kappa shape index (κ3) is 7.27. The average molecular weight is 566 g/mol. The Kier molecular flexibility index (Phi) is 9.58. The molecular formula is C31H36FN3O4S. The first-order chi connectivity index (χ1) is 19.1. The molecule has 0 spiro atoms. The number of hydrogen-bond acceptors (Lipinski definition) is 4. The van der Waals surface area contributed by atoms with Crippen LogP contribution in [0.5, 0.6) is 0 Å². The molecule has 1 aliphatic carbocycles. The molecule has 0 heterocycles. The smallest absolute Gasteiger partial charge is 0.264 e. The van der Waals surface area contributed by atoms with Crippen LogP contribution in [0.4, 0.5) is 10.1 Å². The van der Waals surface area contributed by atoms with Crippen LogP contribution < -0.4 is 9.62 Å². The number of benzene rings is 3. The number of anilines is 1. The van der Waals surface area contributed by atoms with Crippen molar-refractivity contribution in [2.45, 2.75) is 69.5 Å². The molecule has 0 radical (unpaired) electrons. The lowest BCUT2D eigenvalue weighted by atomic mass is 9.95. The number of halogens is 1. The van der Waals surface area contributed by atoms with Crippen molar-refractivity contribution >= 4 is 27.5 Å². The van der Waals surface area contributed by atoms with E-state index < -0.39 is 34.3 Å². The number of sulfonamides is 1. The van der Waals surface area contributed by atoms with Crippen molar-refractivity contribution < 1.29 is 22.4 Å². The van der Waals surface area contributed by atoms with E-state index in [0.29, 0.717) is 0 Å². The molecule has 4 rings (SSSR count). The molecule has 1 atom stereocenters. The molecule has 9 heteroatoms. The van der Waals surface area contributed by atoms with Gasteiger partial charge in [-0.25, -0.2) is 12.8 Å². The van der Waals surface area contributed by atoms with Crippen LogP contribution in [-0.4, -0.2) is 43.8 Å². The number of rotatable bonds is 10. The van der Waals surface area contributed by atoms with E-state index in [0.717, 1.165) is 59.7 Å². The van der Waals surface area contributed by atoms with E-state index in [1.165, 1.54) is 17.0 Å². The summed E-state index contributed by atoms with van der Waals surface area (Å²) in [5.74, 6) is -1.36. The number of aryl methyl sites for hydroxylation is 1. The van der Waals surface area contributed by atoms with Gasteiger partial charge in [0.05, 0.1) is 10.6 Å². The number of nitrogens with zero attached hydrogens (tertiary/aromatic N) is 2. The van der Waals surface area contributed by atoms with Crippen molar-refractivity contribution in [2.24, 2.45) is 0 Å². The van der Waals surface area contributed by atoms with Crippen LogP contribution >= 0.6 is 0 Å². The van der Waals surface area contributed by atoms with E-state index in [2.05, 4.69) is 5.32 Å². The van der Waals surface area contributed by atoms with Gasteiger partial charge in [0.2, 0.25) is 11.8 Å². The second kappa shape index (κ2) is 13.1. The van der Waals surface area contributed by atoms with Crippen LogP contribution in [0.1, 0.15) is 50.2 Å². The van der Waals surface area contributed by atoms with E-state index in [9.17, 15) is 22.4 Å². The minimum Gasteiger partial charge on any atom is -0.352 e. The normalized spacial score (nSPS) is 14.8. The first kappa shape index (κ1) is 29.3. The Hall–Kier alpha value is -3.72. The van der Waals surface area contributed by atoms with Crippen molar-refractivity contribution in [3.8, 4) is 0 Å². The molecule has 7 nitrogen and oxygen atoms in total. The maximum absolute atomic E-state index is 13.9. The molecular weight excluding hydrogens is 529 g/mol. The van der Waals surface area contributed by atoms with E-state index in [-0.39, 0.29) is 29.1 Å². The van der Waals surface area contributed by atoms with Crippen molar-refractivity contribution in [1.82, 2.24) is 10.2 Å². The number of carbonyl (C=O) groups excluding carboxylic acids is 2. The number of para-hydroxylation sites is 1. The minimum atomic E-state index is -4.23. The fourth-order valence-corrected chi connectivity index (χ4v) is 6.31. The maximum Gasteiger partial charge on any atom is 0.264 e. The van der Waals surface area contributed by atoms with Gasteiger partial charge >= 0.3 is 0 Å². The standard InChI is InChI=1S/C31H36FN3O4S/c1-23-13-15-25(16-14-23)21-34(24(2)31(37)33-27-9-5-3-6-10-27)30(36)22-35(28-11-7-4-8-12-28)40(38,39)29-19-17-26(32)18-20-29/h4,7-8,11-20,24,27H,3,5-6,9-10,21-22H2,1-2H3,(H,33,37). The third-order valence-corrected chi connectivity index (χ3v) is 9.11. The third-order valence-electron chi connectivity index (χ3n) is 7.32. The van der Waals surface area contributed by atoms with Gasteiger partial charge in [0.1, 0.15) is 18.4 Å². The highest BCUT2D eigenvalue weighted by Gasteiger charge is 2.33. The highest BCUT2D eigenvalue weighted by Crippen LogP contribution is 2.25. The molecule has 0 aliphatic heterocycles. The molecule has 1 aliphatic rings. The summed E-state index contributed by atoms with van der Waals surface area (Å²) >= 11 is 0. The van der Waals surface area contributed by atoms with E-state index >= 15 is 0 Å². The summed E-state index contributed by atoms with van der Waals surface area (Å²) in [5, 5.41) is 3.10. The van der Waals surface area contributed by atoms with Crippen molar-refractivity contribution in [2.75, 3.05) is 10.8 Å². The second-order valence-corrected chi connectivity index (χ2v) is 12.2. The Balaban J connectivity index is 1.65. The number of amides is 2. The van der Waals surface area contributed by atoms with Crippen LogP contribution in [0.3, 0.4) is 0 Å². The summed E-state index contributed by atoms with van der Waals surface area (Å²) in [6.45, 7) is 3.24. The molecule has 0 bridgehead atoms. The topological polar surface area (TPSA) is 86.8 Å². The predicted octanol–water partition coefficient (Wildman–Crippen LogP) is 5.20. The SMILES string of the molecule is Cc1ccc(CN(C(=O)CN(c2ccccc2)S(=O)(=O)c2ccc(F)cc2)C(C)C(=O)NC2CCCCC2)cc1. The van der Waals surface area contributed by atoms with Gasteiger partial charge < -0.3 is 10.2 Å². The lowest BCUT2D eigenvalue weighted by Gasteiger charge is -2.33. The van der Waals surface area contributed by atoms with Gasteiger partial charge in [-0.15, -0.1) is 0 Å². The van der Waals surface area contributed by atoms with Gasteiger partial charge in [-0.3, -0.25) is 13.9 Å². The molecule has 0 saturated heterocycles. The lowest BCUT2D eigenvalue weighted by Crippen LogP contribution is -2.53. The molecule has 1 saturated carbocycles. The molecule has 1 fully saturated rings. The lowest BCUT2D eigenvalue weighted by molar-refractivity contribution is -0.139. The van der Waals surface area contributed by atoms with Crippen LogP contribution in [-0.2, 0) is 26.2 Å². The summed E-state index contributed by atoms with van der Waals surface area (Å²) in [6.07, 6.45) is 5.07. The van der Waals surface area contributed by atoms with Gasteiger partial charge in [-0.1, -0.05) is 67.3 Å². The summed E-state index contributed by atoms with van der Waals surface area (Å²) in [5.41, 5.74) is 2.17. The van der Waals surface area contributed by atoms with E-state index in [4.69, 9.17) is 0 Å². The predicted molar refractivity (Wildman–Crippen MR) is 154 cm³/mol. The van der Waals surface area contributed by atoms with Crippen molar-refractivity contribution in [1.29, 1.82) is 0 Å². The quantitative estimate of drug-likeness (QED) is 0.366. The first-order valence-electron chi connectivity index (χ1n) is 13.6. The van der Waals surface area contributed by atoms with Gasteiger partial charge in [0.15, 0.2) is 0 Å². The maximum atomic E-state index is 13.9. The van der Waals surface area contributed by atoms with Crippen LogP contribution in [0.2, 0.25) is 0 Å². The molecule has 1 N–H and O–H groups in total. The summed E-state index contributed by atoms with van der Waals surface area (Å²) in [7, 11) is -4.23. The highest BCUT2D eigenvalue weighted by molar-refractivity contribution is 7.92. The van der Waals surface area contributed by atoms with Crippen LogP contribution in [0.25, 0.3) is 0 Å². The fraction of sp³-hybridized carbons (Fsp3) is 0.355. The Labute approximate surface area is 236 Å². The number of hydrogen-bond donors (Lipinski definition) is 1. The molecule has 212 valence electrons. The molecule has 3 aromatic carbocycles. The number of nitrogens with one attached hydrogen (secondary N) is 1. The highest BCUT2D eigenvalue weighted by atomic mass is 32.2. The molecule has 1 unspecified atom stereocenters. The molecule has 2 amide bonds. The zero-order valence-corrected chi connectivity index (χ0v) is 23.7. The van der Waals surface area contributed by atoms with E-state index in [1.807, 2.05) is 31.2 Å². The Morgan fingerprint density at radius 1 is 0.925 bits per heavy atom. The van der Waals surface area contributed by atoms with Gasteiger partial charge in [0, 0.05) is 12.6 Å². The monoisotopic (exact) mass is 565 g/mol. The second-order valence-electron chi connectivity index (χ2n) is 10.3. The summed E-state index contributed by atoms with van der Waals surface area (Å²) in [6, 6.07) is 19.7. The Morgan fingerprint density at radius 2 is 1.55 bits per heavy atom. The molecule has 0 aromatic heterocycles. The van der Waals surface area contributed by atoms with Gasteiger partial charge in [-0.05, 0) is 68.7 Å². The van der Waals surface area contributed by atoms with Crippen LogP contribution in [0, 0.1) is 12.7 Å². The van der Waals surface area contributed by atoms with Crippen molar-refractivity contribution in [3.05, 3.63) is 95.8 Å². The Bertz CT molecular complexity index is 1390. The zero-order valence-electron chi connectivity index (χ0n) is 22.9. The van der Waals surface area contributed by atoms with Gasteiger partial charge in [-0.2, -0.15) is 0 Å².